The van der Waals surface area contributed by atoms with Gasteiger partial charge in [0, 0.05) is 13.0 Å². The highest BCUT2D eigenvalue weighted by atomic mass is 16.7. The fourth-order valence-corrected chi connectivity index (χ4v) is 0.717. The lowest BCUT2D eigenvalue weighted by molar-refractivity contribution is -0.173. The third-order valence-corrected chi connectivity index (χ3v) is 1.15. The Hall–Kier alpha value is -0.570. The van der Waals surface area contributed by atoms with Gasteiger partial charge < -0.3 is 9.47 Å². The van der Waals surface area contributed by atoms with Crippen LogP contribution in [0.1, 0.15) is 33.6 Å². The van der Waals surface area contributed by atoms with Crippen LogP contribution in [0.25, 0.3) is 0 Å². The molecular weight excluding hydrogens is 144 g/mol. The first-order chi connectivity index (χ1) is 5.20. The number of hydrogen-bond acceptors (Lipinski definition) is 3. The molecule has 0 aliphatic heterocycles. The van der Waals surface area contributed by atoms with Gasteiger partial charge in [0.1, 0.15) is 0 Å². The number of carbonyl (C=O) groups is 1. The van der Waals surface area contributed by atoms with Crippen molar-refractivity contribution in [2.45, 2.75) is 39.9 Å². The van der Waals surface area contributed by atoms with Crippen LogP contribution in [0.2, 0.25) is 0 Å². The Kier molecular flexibility index (Phi) is 5.84. The molecule has 0 fully saturated rings. The molecule has 0 saturated heterocycles. The van der Waals surface area contributed by atoms with Crippen LogP contribution in [0.4, 0.5) is 0 Å². The highest BCUT2D eigenvalue weighted by Gasteiger charge is 2.06. The van der Waals surface area contributed by atoms with Crippen molar-refractivity contribution in [1.29, 1.82) is 0 Å². The van der Waals surface area contributed by atoms with E-state index in [4.69, 9.17) is 9.47 Å². The third-order valence-electron chi connectivity index (χ3n) is 1.15. The SMILES string of the molecule is CCCC(=O)OC(C)OCC. The molecule has 0 radical (unpaired) electrons. The Morgan fingerprint density at radius 2 is 2.09 bits per heavy atom. The summed E-state index contributed by atoms with van der Waals surface area (Å²) in [4.78, 5) is 10.8. The van der Waals surface area contributed by atoms with Gasteiger partial charge in [0.2, 0.25) is 0 Å². The van der Waals surface area contributed by atoms with Crippen LogP contribution >= 0.6 is 0 Å². The second kappa shape index (κ2) is 6.16. The molecule has 1 atom stereocenters. The second-order valence-electron chi connectivity index (χ2n) is 2.26. The molecule has 0 amide bonds. The van der Waals surface area contributed by atoms with E-state index in [1.165, 1.54) is 0 Å². The number of hydrogen-bond donors (Lipinski definition) is 0. The minimum Gasteiger partial charge on any atom is -0.436 e. The van der Waals surface area contributed by atoms with Crippen LogP contribution < -0.4 is 0 Å². The Bertz CT molecular complexity index is 112. The lowest BCUT2D eigenvalue weighted by Gasteiger charge is -2.11. The van der Waals surface area contributed by atoms with Crippen molar-refractivity contribution in [2.75, 3.05) is 6.61 Å². The van der Waals surface area contributed by atoms with E-state index in [-0.39, 0.29) is 5.97 Å². The first kappa shape index (κ1) is 10.4. The van der Waals surface area contributed by atoms with E-state index in [0.29, 0.717) is 13.0 Å². The van der Waals surface area contributed by atoms with Crippen LogP contribution in [-0.2, 0) is 14.3 Å². The minimum absolute atomic E-state index is 0.187. The molecule has 3 nitrogen and oxygen atoms in total. The zero-order valence-electron chi connectivity index (χ0n) is 7.42. The van der Waals surface area contributed by atoms with Gasteiger partial charge in [-0.3, -0.25) is 4.79 Å². The maximum Gasteiger partial charge on any atom is 0.308 e. The van der Waals surface area contributed by atoms with Crippen molar-refractivity contribution in [3.8, 4) is 0 Å². The number of esters is 1. The third kappa shape index (κ3) is 5.85. The van der Waals surface area contributed by atoms with Gasteiger partial charge in [-0.25, -0.2) is 0 Å². The molecule has 0 aliphatic carbocycles. The van der Waals surface area contributed by atoms with Crippen molar-refractivity contribution < 1.29 is 14.3 Å². The molecule has 0 bridgehead atoms. The van der Waals surface area contributed by atoms with Gasteiger partial charge in [0.25, 0.3) is 0 Å². The van der Waals surface area contributed by atoms with Crippen LogP contribution in [0.15, 0.2) is 0 Å². The van der Waals surface area contributed by atoms with Crippen LogP contribution in [0.3, 0.4) is 0 Å². The highest BCUT2D eigenvalue weighted by Crippen LogP contribution is 1.97. The van der Waals surface area contributed by atoms with E-state index in [1.807, 2.05) is 13.8 Å². The van der Waals surface area contributed by atoms with E-state index in [2.05, 4.69) is 0 Å². The molecule has 0 rings (SSSR count). The quantitative estimate of drug-likeness (QED) is 0.453. The maximum atomic E-state index is 10.8. The first-order valence-electron chi connectivity index (χ1n) is 4.01. The highest BCUT2D eigenvalue weighted by molar-refractivity contribution is 5.69. The summed E-state index contributed by atoms with van der Waals surface area (Å²) in [5.41, 5.74) is 0. The molecule has 0 aromatic rings. The van der Waals surface area contributed by atoms with Crippen molar-refractivity contribution in [3.05, 3.63) is 0 Å². The monoisotopic (exact) mass is 160 g/mol. The molecule has 0 heterocycles. The molecule has 0 saturated carbocycles. The summed E-state index contributed by atoms with van der Waals surface area (Å²) >= 11 is 0. The smallest absolute Gasteiger partial charge is 0.308 e. The van der Waals surface area contributed by atoms with E-state index in [1.54, 1.807) is 6.92 Å². The summed E-state index contributed by atoms with van der Waals surface area (Å²) in [6.07, 6.45) is 0.883. The number of rotatable bonds is 5. The Morgan fingerprint density at radius 3 is 2.55 bits per heavy atom. The van der Waals surface area contributed by atoms with Crippen molar-refractivity contribution in [2.24, 2.45) is 0 Å². The molecule has 0 aromatic carbocycles. The molecule has 0 aliphatic rings. The number of ether oxygens (including phenoxy) is 2. The molecule has 0 spiro atoms. The van der Waals surface area contributed by atoms with Gasteiger partial charge in [-0.1, -0.05) is 6.92 Å². The molecule has 66 valence electrons. The van der Waals surface area contributed by atoms with Gasteiger partial charge in [-0.15, -0.1) is 0 Å². The van der Waals surface area contributed by atoms with E-state index < -0.39 is 6.29 Å². The zero-order chi connectivity index (χ0) is 8.69. The minimum atomic E-state index is -0.404. The molecule has 11 heavy (non-hydrogen) atoms. The Morgan fingerprint density at radius 1 is 1.45 bits per heavy atom. The van der Waals surface area contributed by atoms with Gasteiger partial charge in [0.05, 0.1) is 0 Å². The summed E-state index contributed by atoms with van der Waals surface area (Å²) in [5, 5.41) is 0. The first-order valence-corrected chi connectivity index (χ1v) is 4.01. The van der Waals surface area contributed by atoms with Gasteiger partial charge in [0.15, 0.2) is 6.29 Å². The molecule has 1 unspecified atom stereocenters. The lowest BCUT2D eigenvalue weighted by atomic mass is 10.3. The molecule has 0 N–H and O–H groups in total. The Labute approximate surface area is 67.7 Å². The summed E-state index contributed by atoms with van der Waals surface area (Å²) in [6, 6.07) is 0. The zero-order valence-corrected chi connectivity index (χ0v) is 7.42. The average Bonchev–Trinajstić information content (AvgIpc) is 1.87. The molecule has 0 aromatic heterocycles. The maximum absolute atomic E-state index is 10.8. The van der Waals surface area contributed by atoms with Crippen molar-refractivity contribution in [3.63, 3.8) is 0 Å². The second-order valence-corrected chi connectivity index (χ2v) is 2.26. The predicted molar refractivity (Wildman–Crippen MR) is 42.1 cm³/mol. The molecular formula is C8H16O3. The summed E-state index contributed by atoms with van der Waals surface area (Å²) in [6.45, 7) is 6.09. The molecule has 3 heteroatoms. The summed E-state index contributed by atoms with van der Waals surface area (Å²) in [7, 11) is 0. The largest absolute Gasteiger partial charge is 0.436 e. The normalized spacial score (nSPS) is 12.6. The topological polar surface area (TPSA) is 35.5 Å². The van der Waals surface area contributed by atoms with E-state index in [9.17, 15) is 4.79 Å². The average molecular weight is 160 g/mol. The van der Waals surface area contributed by atoms with E-state index in [0.717, 1.165) is 6.42 Å². The van der Waals surface area contributed by atoms with Crippen molar-refractivity contribution >= 4 is 5.97 Å². The van der Waals surface area contributed by atoms with Crippen LogP contribution in [-0.4, -0.2) is 18.9 Å². The summed E-state index contributed by atoms with van der Waals surface area (Å²) < 4.78 is 9.89. The van der Waals surface area contributed by atoms with Gasteiger partial charge in [-0.2, -0.15) is 0 Å². The van der Waals surface area contributed by atoms with Gasteiger partial charge >= 0.3 is 5.97 Å². The summed E-state index contributed by atoms with van der Waals surface area (Å²) in [5.74, 6) is -0.187. The Balaban J connectivity index is 3.40. The van der Waals surface area contributed by atoms with Crippen LogP contribution in [0.5, 0.6) is 0 Å². The fraction of sp³-hybridized carbons (Fsp3) is 0.875. The number of carbonyl (C=O) groups excluding carboxylic acids is 1. The van der Waals surface area contributed by atoms with Crippen molar-refractivity contribution in [1.82, 2.24) is 0 Å². The lowest BCUT2D eigenvalue weighted by Crippen LogP contribution is -2.17. The standard InChI is InChI=1S/C8H16O3/c1-4-6-8(9)11-7(3)10-5-2/h7H,4-6H2,1-3H3. The van der Waals surface area contributed by atoms with E-state index >= 15 is 0 Å². The fourth-order valence-electron chi connectivity index (χ4n) is 0.717. The van der Waals surface area contributed by atoms with Gasteiger partial charge in [-0.05, 0) is 20.3 Å². The van der Waals surface area contributed by atoms with Crippen LogP contribution in [0, 0.1) is 0 Å². The predicted octanol–water partition coefficient (Wildman–Crippen LogP) is 1.71.